The number of ether oxygens (including phenoxy) is 1. The SMILES string of the molecule is CCOCCC(=O)N[C@H](CC(=O)O)c1cccc2ccccc12. The van der Waals surface area contributed by atoms with Crippen molar-refractivity contribution in [3.05, 3.63) is 48.0 Å². The molecule has 23 heavy (non-hydrogen) atoms. The van der Waals surface area contributed by atoms with Gasteiger partial charge in [0.15, 0.2) is 0 Å². The molecule has 0 aliphatic heterocycles. The van der Waals surface area contributed by atoms with Gasteiger partial charge in [0.25, 0.3) is 0 Å². The number of carbonyl (C=O) groups excluding carboxylic acids is 1. The summed E-state index contributed by atoms with van der Waals surface area (Å²) in [7, 11) is 0. The largest absolute Gasteiger partial charge is 0.481 e. The van der Waals surface area contributed by atoms with Crippen molar-refractivity contribution in [2.24, 2.45) is 0 Å². The Hall–Kier alpha value is -2.40. The maximum absolute atomic E-state index is 12.0. The first kappa shape index (κ1) is 17.0. The van der Waals surface area contributed by atoms with E-state index in [1.807, 2.05) is 49.4 Å². The molecule has 2 aromatic carbocycles. The van der Waals surface area contributed by atoms with E-state index < -0.39 is 12.0 Å². The van der Waals surface area contributed by atoms with Gasteiger partial charge in [0, 0.05) is 13.0 Å². The van der Waals surface area contributed by atoms with Crippen LogP contribution in [0.25, 0.3) is 10.8 Å². The van der Waals surface area contributed by atoms with Crippen LogP contribution in [0.3, 0.4) is 0 Å². The fraction of sp³-hybridized carbons (Fsp3) is 0.333. The second-order valence-corrected chi connectivity index (χ2v) is 5.23. The Labute approximate surface area is 135 Å². The fourth-order valence-corrected chi connectivity index (χ4v) is 2.54. The zero-order chi connectivity index (χ0) is 16.7. The third-order valence-corrected chi connectivity index (χ3v) is 3.59. The molecule has 0 bridgehead atoms. The van der Waals surface area contributed by atoms with Gasteiger partial charge in [0.1, 0.15) is 0 Å². The van der Waals surface area contributed by atoms with E-state index in [0.717, 1.165) is 16.3 Å². The van der Waals surface area contributed by atoms with Crippen molar-refractivity contribution < 1.29 is 19.4 Å². The van der Waals surface area contributed by atoms with Crippen LogP contribution in [0.1, 0.15) is 31.4 Å². The molecular formula is C18H21NO4. The summed E-state index contributed by atoms with van der Waals surface area (Å²) in [6, 6.07) is 12.9. The highest BCUT2D eigenvalue weighted by Gasteiger charge is 2.19. The molecule has 1 amide bonds. The minimum atomic E-state index is -0.951. The Bertz CT molecular complexity index is 678. The van der Waals surface area contributed by atoms with E-state index in [0.29, 0.717) is 13.2 Å². The molecule has 1 atom stereocenters. The number of carboxylic acid groups (broad SMARTS) is 1. The third kappa shape index (κ3) is 4.79. The van der Waals surface area contributed by atoms with E-state index >= 15 is 0 Å². The lowest BCUT2D eigenvalue weighted by Gasteiger charge is -2.19. The predicted molar refractivity (Wildman–Crippen MR) is 88.2 cm³/mol. The predicted octanol–water partition coefficient (Wildman–Crippen LogP) is 2.90. The van der Waals surface area contributed by atoms with E-state index in [-0.39, 0.29) is 18.7 Å². The molecule has 2 aromatic rings. The molecule has 0 heterocycles. The summed E-state index contributed by atoms with van der Waals surface area (Å²) >= 11 is 0. The van der Waals surface area contributed by atoms with Crippen molar-refractivity contribution in [3.63, 3.8) is 0 Å². The number of carboxylic acids is 1. The van der Waals surface area contributed by atoms with Crippen LogP contribution in [0.15, 0.2) is 42.5 Å². The normalized spacial score (nSPS) is 12.0. The van der Waals surface area contributed by atoms with Crippen LogP contribution < -0.4 is 5.32 Å². The molecule has 2 N–H and O–H groups in total. The van der Waals surface area contributed by atoms with Gasteiger partial charge >= 0.3 is 5.97 Å². The maximum atomic E-state index is 12.0. The van der Waals surface area contributed by atoms with Gasteiger partial charge in [-0.25, -0.2) is 0 Å². The quantitative estimate of drug-likeness (QED) is 0.734. The number of carbonyl (C=O) groups is 2. The molecule has 0 unspecified atom stereocenters. The molecule has 0 fully saturated rings. The summed E-state index contributed by atoms with van der Waals surface area (Å²) in [5.74, 6) is -1.16. The van der Waals surface area contributed by atoms with Gasteiger partial charge in [0.05, 0.1) is 19.1 Å². The van der Waals surface area contributed by atoms with Gasteiger partial charge in [0.2, 0.25) is 5.91 Å². The van der Waals surface area contributed by atoms with E-state index in [4.69, 9.17) is 9.84 Å². The van der Waals surface area contributed by atoms with Crippen LogP contribution in [0.4, 0.5) is 0 Å². The Morgan fingerprint density at radius 1 is 1.17 bits per heavy atom. The van der Waals surface area contributed by atoms with Gasteiger partial charge in [-0.05, 0) is 23.3 Å². The minimum absolute atomic E-state index is 0.158. The van der Waals surface area contributed by atoms with Crippen molar-refractivity contribution in [1.82, 2.24) is 5.32 Å². The summed E-state index contributed by atoms with van der Waals surface area (Å²) in [6.45, 7) is 2.74. The molecule has 0 aliphatic carbocycles. The Morgan fingerprint density at radius 2 is 1.91 bits per heavy atom. The second kappa shape index (κ2) is 8.29. The number of rotatable bonds is 8. The van der Waals surface area contributed by atoms with Crippen molar-refractivity contribution >= 4 is 22.6 Å². The first-order chi connectivity index (χ1) is 11.1. The monoisotopic (exact) mass is 315 g/mol. The Balaban J connectivity index is 2.23. The molecule has 0 aliphatic rings. The molecule has 5 nitrogen and oxygen atoms in total. The highest BCUT2D eigenvalue weighted by atomic mass is 16.5. The summed E-state index contributed by atoms with van der Waals surface area (Å²) in [5.41, 5.74) is 0.815. The molecule has 122 valence electrons. The third-order valence-electron chi connectivity index (χ3n) is 3.59. The van der Waals surface area contributed by atoms with Crippen LogP contribution in [0.5, 0.6) is 0 Å². The van der Waals surface area contributed by atoms with E-state index in [9.17, 15) is 9.59 Å². The number of fused-ring (bicyclic) bond motifs is 1. The maximum Gasteiger partial charge on any atom is 0.305 e. The lowest BCUT2D eigenvalue weighted by Crippen LogP contribution is -2.31. The smallest absolute Gasteiger partial charge is 0.305 e. The fourth-order valence-electron chi connectivity index (χ4n) is 2.54. The average Bonchev–Trinajstić information content (AvgIpc) is 2.53. The summed E-state index contributed by atoms with van der Waals surface area (Å²) in [5, 5.41) is 14.0. The first-order valence-electron chi connectivity index (χ1n) is 7.68. The van der Waals surface area contributed by atoms with Crippen LogP contribution in [-0.2, 0) is 14.3 Å². The zero-order valence-electron chi connectivity index (χ0n) is 13.1. The topological polar surface area (TPSA) is 75.6 Å². The number of amides is 1. The second-order valence-electron chi connectivity index (χ2n) is 5.23. The van der Waals surface area contributed by atoms with Gasteiger partial charge in [-0.15, -0.1) is 0 Å². The van der Waals surface area contributed by atoms with Gasteiger partial charge in [-0.1, -0.05) is 42.5 Å². The van der Waals surface area contributed by atoms with Gasteiger partial charge < -0.3 is 15.2 Å². The van der Waals surface area contributed by atoms with Crippen LogP contribution >= 0.6 is 0 Å². The molecule has 0 aromatic heterocycles. The summed E-state index contributed by atoms with van der Waals surface area (Å²) < 4.78 is 5.17. The van der Waals surface area contributed by atoms with Crippen molar-refractivity contribution in [3.8, 4) is 0 Å². The summed E-state index contributed by atoms with van der Waals surface area (Å²) in [4.78, 5) is 23.2. The number of hydrogen-bond donors (Lipinski definition) is 2. The van der Waals surface area contributed by atoms with Gasteiger partial charge in [-0.2, -0.15) is 0 Å². The zero-order valence-corrected chi connectivity index (χ0v) is 13.1. The van der Waals surface area contributed by atoms with Crippen LogP contribution in [0.2, 0.25) is 0 Å². The number of benzene rings is 2. The molecule has 0 saturated heterocycles. The number of aliphatic carboxylic acids is 1. The van der Waals surface area contributed by atoms with E-state index in [2.05, 4.69) is 5.32 Å². The average molecular weight is 315 g/mol. The molecule has 0 spiro atoms. The Kier molecular flexibility index (Phi) is 6.11. The van der Waals surface area contributed by atoms with Crippen LogP contribution in [-0.4, -0.2) is 30.2 Å². The lowest BCUT2D eigenvalue weighted by atomic mass is 9.96. The van der Waals surface area contributed by atoms with Crippen molar-refractivity contribution in [1.29, 1.82) is 0 Å². The first-order valence-corrected chi connectivity index (χ1v) is 7.68. The number of nitrogens with one attached hydrogen (secondary N) is 1. The van der Waals surface area contributed by atoms with E-state index in [1.54, 1.807) is 0 Å². The number of hydrogen-bond acceptors (Lipinski definition) is 3. The van der Waals surface area contributed by atoms with Crippen molar-refractivity contribution in [2.45, 2.75) is 25.8 Å². The van der Waals surface area contributed by atoms with E-state index in [1.165, 1.54) is 0 Å². The Morgan fingerprint density at radius 3 is 2.65 bits per heavy atom. The minimum Gasteiger partial charge on any atom is -0.481 e. The molecule has 0 saturated carbocycles. The molecule has 0 radical (unpaired) electrons. The van der Waals surface area contributed by atoms with Crippen molar-refractivity contribution in [2.75, 3.05) is 13.2 Å². The molecular weight excluding hydrogens is 294 g/mol. The molecule has 5 heteroatoms. The summed E-state index contributed by atoms with van der Waals surface area (Å²) in [6.07, 6.45) is 0.0586. The standard InChI is InChI=1S/C18H21NO4/c1-2-23-11-10-17(20)19-16(12-18(21)22)15-9-5-7-13-6-3-4-8-14(13)15/h3-9,16H,2,10-12H2,1H3,(H,19,20)(H,21,22)/t16-/m1/s1. The van der Waals surface area contributed by atoms with Gasteiger partial charge in [-0.3, -0.25) is 9.59 Å². The lowest BCUT2D eigenvalue weighted by molar-refractivity contribution is -0.137. The highest BCUT2D eigenvalue weighted by Crippen LogP contribution is 2.26. The molecule has 2 rings (SSSR count). The highest BCUT2D eigenvalue weighted by molar-refractivity contribution is 5.87. The van der Waals surface area contributed by atoms with Crippen LogP contribution in [0, 0.1) is 0 Å².